The molecule has 126 valence electrons. The van der Waals surface area contributed by atoms with Crippen molar-refractivity contribution in [3.63, 3.8) is 0 Å². The summed E-state index contributed by atoms with van der Waals surface area (Å²) < 4.78 is 14.2. The number of ether oxygens (including phenoxy) is 2. The minimum Gasteiger partial charge on any atom is -0.495 e. The Morgan fingerprint density at radius 3 is 2.42 bits per heavy atom. The van der Waals surface area contributed by atoms with Crippen LogP contribution >= 0.6 is 45.9 Å². The number of fused-ring (bicyclic) bond motifs is 1. The van der Waals surface area contributed by atoms with Crippen LogP contribution in [0.2, 0.25) is 8.67 Å². The predicted molar refractivity (Wildman–Crippen MR) is 98.1 cm³/mol. The number of halogens is 2. The summed E-state index contributed by atoms with van der Waals surface area (Å²) in [5, 5.41) is 0. The van der Waals surface area contributed by atoms with Gasteiger partial charge in [-0.1, -0.05) is 34.5 Å². The zero-order valence-corrected chi connectivity index (χ0v) is 16.1. The van der Waals surface area contributed by atoms with Gasteiger partial charge < -0.3 is 14.0 Å². The number of thiazole rings is 1. The van der Waals surface area contributed by atoms with Gasteiger partial charge >= 0.3 is 0 Å². The van der Waals surface area contributed by atoms with E-state index in [1.54, 1.807) is 18.8 Å². The molecule has 0 N–H and O–H groups in total. The molecule has 0 aliphatic carbocycles. The van der Waals surface area contributed by atoms with Gasteiger partial charge in [-0.15, -0.1) is 11.3 Å². The zero-order valence-electron chi connectivity index (χ0n) is 12.9. The van der Waals surface area contributed by atoms with Gasteiger partial charge in [0, 0.05) is 7.05 Å². The molecule has 0 spiro atoms. The summed E-state index contributed by atoms with van der Waals surface area (Å²) in [6.45, 7) is 0. The fraction of sp³-hybridized carbons (Fsp3) is 0.200. The molecule has 24 heavy (non-hydrogen) atoms. The highest BCUT2D eigenvalue weighted by Crippen LogP contribution is 2.35. The van der Waals surface area contributed by atoms with Gasteiger partial charge in [0.2, 0.25) is 0 Å². The Morgan fingerprint density at radius 2 is 1.83 bits per heavy atom. The highest BCUT2D eigenvalue weighted by molar-refractivity contribution is 7.20. The molecule has 2 heterocycles. The number of nitrogens with zero attached hydrogens (tertiary/aromatic N) is 2. The number of aromatic nitrogens is 1. The lowest BCUT2D eigenvalue weighted by Gasteiger charge is -2.06. The second kappa shape index (κ2) is 6.76. The Hall–Kier alpha value is -1.54. The van der Waals surface area contributed by atoms with Gasteiger partial charge in [0.1, 0.15) is 26.1 Å². The van der Waals surface area contributed by atoms with Crippen LogP contribution in [0.4, 0.5) is 0 Å². The molecule has 0 radical (unpaired) electrons. The van der Waals surface area contributed by atoms with Crippen LogP contribution in [0.1, 0.15) is 10.4 Å². The van der Waals surface area contributed by atoms with E-state index in [0.29, 0.717) is 30.5 Å². The molecule has 1 amide bonds. The lowest BCUT2D eigenvalue weighted by atomic mass is 10.3. The molecular formula is C15H12Cl2N2O3S2. The van der Waals surface area contributed by atoms with Crippen molar-refractivity contribution in [3.8, 4) is 11.5 Å². The first kappa shape index (κ1) is 17.3. The van der Waals surface area contributed by atoms with Crippen LogP contribution in [-0.4, -0.2) is 24.7 Å². The number of aryl methyl sites for hydroxylation is 1. The maximum absolute atomic E-state index is 12.4. The van der Waals surface area contributed by atoms with Gasteiger partial charge in [-0.25, -0.2) is 0 Å². The number of benzene rings is 1. The second-order valence-electron chi connectivity index (χ2n) is 4.75. The zero-order chi connectivity index (χ0) is 17.4. The fourth-order valence-electron chi connectivity index (χ4n) is 2.26. The topological polar surface area (TPSA) is 52.8 Å². The Bertz CT molecular complexity index is 1000. The van der Waals surface area contributed by atoms with E-state index in [2.05, 4.69) is 4.99 Å². The molecule has 5 nitrogen and oxygen atoms in total. The molecule has 0 unspecified atom stereocenters. The van der Waals surface area contributed by atoms with Crippen molar-refractivity contribution in [1.82, 2.24) is 4.57 Å². The van der Waals surface area contributed by atoms with Crippen molar-refractivity contribution in [3.05, 3.63) is 37.2 Å². The van der Waals surface area contributed by atoms with Crippen molar-refractivity contribution in [2.45, 2.75) is 0 Å². The van der Waals surface area contributed by atoms with Crippen LogP contribution in [0, 0.1) is 0 Å². The van der Waals surface area contributed by atoms with Crippen molar-refractivity contribution in [1.29, 1.82) is 0 Å². The Kier molecular flexibility index (Phi) is 4.87. The number of hydrogen-bond acceptors (Lipinski definition) is 5. The summed E-state index contributed by atoms with van der Waals surface area (Å²) in [6.07, 6.45) is 0. The molecule has 0 atom stereocenters. The number of amides is 1. The normalized spacial score (nSPS) is 12.0. The van der Waals surface area contributed by atoms with E-state index in [1.807, 2.05) is 19.2 Å². The van der Waals surface area contributed by atoms with Crippen molar-refractivity contribution < 1.29 is 14.3 Å². The fourth-order valence-corrected chi connectivity index (χ4v) is 4.84. The van der Waals surface area contributed by atoms with E-state index >= 15 is 0 Å². The highest BCUT2D eigenvalue weighted by atomic mass is 35.5. The van der Waals surface area contributed by atoms with Gasteiger partial charge in [0.05, 0.1) is 24.1 Å². The molecule has 0 bridgehead atoms. The van der Waals surface area contributed by atoms with E-state index in [0.717, 1.165) is 21.6 Å². The smallest absolute Gasteiger partial charge is 0.282 e. The summed E-state index contributed by atoms with van der Waals surface area (Å²) in [4.78, 5) is 17.1. The van der Waals surface area contributed by atoms with E-state index in [9.17, 15) is 4.79 Å². The summed E-state index contributed by atoms with van der Waals surface area (Å²) in [7, 11) is 5.00. The third-order valence-corrected chi connectivity index (χ3v) is 6.03. The molecule has 0 saturated heterocycles. The Labute approximate surface area is 155 Å². The van der Waals surface area contributed by atoms with Gasteiger partial charge in [-0.3, -0.25) is 4.79 Å². The average Bonchev–Trinajstić information content (AvgIpc) is 3.06. The first-order chi connectivity index (χ1) is 11.5. The van der Waals surface area contributed by atoms with Gasteiger partial charge in [0.15, 0.2) is 4.80 Å². The van der Waals surface area contributed by atoms with Crippen LogP contribution < -0.4 is 14.3 Å². The van der Waals surface area contributed by atoms with Crippen molar-refractivity contribution in [2.24, 2.45) is 12.0 Å². The summed E-state index contributed by atoms with van der Waals surface area (Å²) in [5.41, 5.74) is 1.10. The van der Waals surface area contributed by atoms with Crippen LogP contribution in [0.5, 0.6) is 11.5 Å². The largest absolute Gasteiger partial charge is 0.495 e. The number of thiophene rings is 1. The second-order valence-corrected chi connectivity index (χ2v) is 8.01. The molecule has 3 rings (SSSR count). The minimum absolute atomic E-state index is 0.294. The first-order valence-electron chi connectivity index (χ1n) is 6.70. The highest BCUT2D eigenvalue weighted by Gasteiger charge is 2.17. The van der Waals surface area contributed by atoms with Crippen LogP contribution in [-0.2, 0) is 7.05 Å². The van der Waals surface area contributed by atoms with Gasteiger partial charge in [0.25, 0.3) is 5.91 Å². The van der Waals surface area contributed by atoms with Crippen molar-refractivity contribution in [2.75, 3.05) is 14.2 Å². The van der Waals surface area contributed by atoms with Crippen LogP contribution in [0.3, 0.4) is 0 Å². The van der Waals surface area contributed by atoms with E-state index in [1.165, 1.54) is 17.4 Å². The minimum atomic E-state index is -0.441. The van der Waals surface area contributed by atoms with Crippen LogP contribution in [0.15, 0.2) is 23.2 Å². The quantitative estimate of drug-likeness (QED) is 0.653. The van der Waals surface area contributed by atoms with E-state index in [-0.39, 0.29) is 0 Å². The predicted octanol–water partition coefficient (Wildman–Crippen LogP) is 4.37. The van der Waals surface area contributed by atoms with Crippen molar-refractivity contribution >= 4 is 62.0 Å². The Morgan fingerprint density at radius 1 is 1.17 bits per heavy atom. The molecule has 2 aromatic heterocycles. The lowest BCUT2D eigenvalue weighted by molar-refractivity contribution is 0.0998. The van der Waals surface area contributed by atoms with E-state index < -0.39 is 5.91 Å². The SMILES string of the molecule is COc1ccc(OC)c2c1sc(=NC(=O)c1cc(Cl)sc1Cl)n2C. The molecule has 9 heteroatoms. The lowest BCUT2D eigenvalue weighted by Crippen LogP contribution is -2.13. The summed E-state index contributed by atoms with van der Waals surface area (Å²) in [6, 6.07) is 5.16. The van der Waals surface area contributed by atoms with Crippen LogP contribution in [0.25, 0.3) is 10.2 Å². The number of carbonyl (C=O) groups is 1. The number of methoxy groups -OCH3 is 2. The molecule has 3 aromatic rings. The van der Waals surface area contributed by atoms with E-state index in [4.69, 9.17) is 32.7 Å². The maximum Gasteiger partial charge on any atom is 0.282 e. The monoisotopic (exact) mass is 402 g/mol. The Balaban J connectivity index is 2.21. The summed E-state index contributed by atoms with van der Waals surface area (Å²) >= 11 is 14.4. The number of hydrogen-bond donors (Lipinski definition) is 0. The maximum atomic E-state index is 12.4. The number of rotatable bonds is 3. The standard InChI is InChI=1S/C15H12Cl2N2O3S2/c1-19-11-8(21-2)4-5-9(22-3)12(11)24-15(19)18-14(20)7-6-10(16)23-13(7)17/h4-6H,1-3H3. The van der Waals surface area contributed by atoms with Gasteiger partial charge in [-0.05, 0) is 18.2 Å². The summed E-state index contributed by atoms with van der Waals surface area (Å²) in [5.74, 6) is 0.926. The third kappa shape index (κ3) is 2.93. The molecule has 0 fully saturated rings. The van der Waals surface area contributed by atoms with Gasteiger partial charge in [-0.2, -0.15) is 4.99 Å². The molecule has 1 aromatic carbocycles. The molecule has 0 saturated carbocycles. The molecular weight excluding hydrogens is 391 g/mol. The molecule has 0 aliphatic rings. The number of carbonyl (C=O) groups excluding carboxylic acids is 1. The first-order valence-corrected chi connectivity index (χ1v) is 9.09. The third-order valence-electron chi connectivity index (χ3n) is 3.40. The average molecular weight is 403 g/mol. The molecule has 0 aliphatic heterocycles.